The highest BCUT2D eigenvalue weighted by atomic mass is 32.1. The maximum Gasteiger partial charge on any atom is 0.276 e. The normalized spacial score (nSPS) is 25.2. The summed E-state index contributed by atoms with van der Waals surface area (Å²) in [6.07, 6.45) is 6.28. The van der Waals surface area contributed by atoms with Crippen molar-refractivity contribution in [2.45, 2.75) is 37.8 Å². The first kappa shape index (κ1) is 16.2. The summed E-state index contributed by atoms with van der Waals surface area (Å²) in [4.78, 5) is 20.9. The molecule has 2 aliphatic rings. The van der Waals surface area contributed by atoms with Gasteiger partial charge >= 0.3 is 0 Å². The molecule has 1 aliphatic carbocycles. The number of hydrogen-bond acceptors (Lipinski definition) is 6. The summed E-state index contributed by atoms with van der Waals surface area (Å²) < 4.78 is 6.50. The molecular weight excluding hydrogens is 336 g/mol. The molecule has 4 rings (SSSR count). The van der Waals surface area contributed by atoms with E-state index in [9.17, 15) is 4.79 Å². The van der Waals surface area contributed by atoms with Gasteiger partial charge in [0.25, 0.3) is 5.91 Å². The lowest BCUT2D eigenvalue weighted by Gasteiger charge is -2.28. The van der Waals surface area contributed by atoms with Crippen LogP contribution in [0.4, 0.5) is 0 Å². The molecule has 1 fully saturated rings. The number of aliphatic imine (C=N–C) groups is 1. The van der Waals surface area contributed by atoms with Crippen LogP contribution in [0.3, 0.4) is 0 Å². The topological polar surface area (TPSA) is 75.6 Å². The predicted octanol–water partition coefficient (Wildman–Crippen LogP) is 2.67. The van der Waals surface area contributed by atoms with Crippen LogP contribution in [0.2, 0.25) is 0 Å². The standard InChI is InChI=1S/C18H20N4O2S/c1-24-13-5-3-12(4-6-13)20-18-21-15(17(23)22-18)8-11-2-7-14-16(9-11)25-10-19-14/h2,7-10,12-13H,3-6H2,1H3,(H2,20,21,22,23)/b15-8-/t12-,13-. The number of thiazole rings is 1. The summed E-state index contributed by atoms with van der Waals surface area (Å²) in [7, 11) is 1.76. The Kier molecular flexibility index (Phi) is 4.50. The second kappa shape index (κ2) is 6.93. The average molecular weight is 356 g/mol. The number of carbonyl (C=O) groups excluding carboxylic acids is 1. The average Bonchev–Trinajstić information content (AvgIpc) is 3.22. The van der Waals surface area contributed by atoms with E-state index in [2.05, 4.69) is 20.6 Å². The largest absolute Gasteiger partial charge is 0.381 e. The minimum Gasteiger partial charge on any atom is -0.381 e. The van der Waals surface area contributed by atoms with Crippen molar-refractivity contribution < 1.29 is 9.53 Å². The lowest BCUT2D eigenvalue weighted by atomic mass is 9.93. The van der Waals surface area contributed by atoms with Gasteiger partial charge < -0.3 is 10.1 Å². The summed E-state index contributed by atoms with van der Waals surface area (Å²) in [6, 6.07) is 6.27. The molecule has 0 radical (unpaired) electrons. The third-order valence-corrected chi connectivity index (χ3v) is 5.50. The van der Waals surface area contributed by atoms with Gasteiger partial charge in [-0.2, -0.15) is 0 Å². The summed E-state index contributed by atoms with van der Waals surface area (Å²) in [5.41, 5.74) is 4.17. The number of nitrogens with zero attached hydrogens (tertiary/aromatic N) is 2. The minimum absolute atomic E-state index is 0.169. The van der Waals surface area contributed by atoms with Crippen molar-refractivity contribution in [2.24, 2.45) is 4.99 Å². The molecule has 2 N–H and O–H groups in total. The zero-order valence-corrected chi connectivity index (χ0v) is 14.8. The highest BCUT2D eigenvalue weighted by Gasteiger charge is 2.25. The zero-order valence-electron chi connectivity index (χ0n) is 14.0. The third kappa shape index (κ3) is 3.57. The van der Waals surface area contributed by atoms with Gasteiger partial charge in [0.1, 0.15) is 5.70 Å². The van der Waals surface area contributed by atoms with Gasteiger partial charge in [-0.3, -0.25) is 10.1 Å². The molecule has 6 nitrogen and oxygen atoms in total. The maximum absolute atomic E-state index is 12.2. The Bertz CT molecular complexity index is 850. The Morgan fingerprint density at radius 3 is 2.96 bits per heavy atom. The SMILES string of the molecule is CO[C@H]1CC[C@H](NC2=N/C(=C\c3ccc4ncsc4c3)C(=O)N2)CC1. The van der Waals surface area contributed by atoms with Gasteiger partial charge in [0.15, 0.2) is 0 Å². The molecule has 0 saturated heterocycles. The molecule has 1 amide bonds. The summed E-state index contributed by atoms with van der Waals surface area (Å²) >= 11 is 1.59. The van der Waals surface area contributed by atoms with E-state index in [1.807, 2.05) is 29.8 Å². The summed E-state index contributed by atoms with van der Waals surface area (Å²) in [5, 5.41) is 6.17. The smallest absolute Gasteiger partial charge is 0.276 e. The molecule has 0 unspecified atom stereocenters. The molecule has 1 aromatic heterocycles. The van der Waals surface area contributed by atoms with Crippen LogP contribution in [0.5, 0.6) is 0 Å². The monoisotopic (exact) mass is 356 g/mol. The van der Waals surface area contributed by atoms with E-state index in [4.69, 9.17) is 4.74 Å². The summed E-state index contributed by atoms with van der Waals surface area (Å²) in [6.45, 7) is 0. The van der Waals surface area contributed by atoms with Gasteiger partial charge in [-0.1, -0.05) is 6.07 Å². The van der Waals surface area contributed by atoms with E-state index < -0.39 is 0 Å². The molecular formula is C18H20N4O2S. The number of aromatic nitrogens is 1. The van der Waals surface area contributed by atoms with E-state index >= 15 is 0 Å². The van der Waals surface area contributed by atoms with Crippen molar-refractivity contribution >= 4 is 39.5 Å². The molecule has 0 spiro atoms. The highest BCUT2D eigenvalue weighted by molar-refractivity contribution is 7.16. The van der Waals surface area contributed by atoms with Crippen LogP contribution in [-0.2, 0) is 9.53 Å². The number of rotatable bonds is 3. The fraction of sp³-hybridized carbons (Fsp3) is 0.389. The van der Waals surface area contributed by atoms with Gasteiger partial charge in [-0.25, -0.2) is 9.98 Å². The zero-order chi connectivity index (χ0) is 17.2. The van der Waals surface area contributed by atoms with Gasteiger partial charge in [0, 0.05) is 13.2 Å². The fourth-order valence-electron chi connectivity index (χ4n) is 3.29. The van der Waals surface area contributed by atoms with Crippen molar-refractivity contribution in [1.82, 2.24) is 15.6 Å². The quantitative estimate of drug-likeness (QED) is 0.829. The lowest BCUT2D eigenvalue weighted by molar-refractivity contribution is -0.115. The van der Waals surface area contributed by atoms with Crippen molar-refractivity contribution in [3.8, 4) is 0 Å². The van der Waals surface area contributed by atoms with Crippen LogP contribution in [0.25, 0.3) is 16.3 Å². The van der Waals surface area contributed by atoms with E-state index in [1.165, 1.54) is 0 Å². The lowest BCUT2D eigenvalue weighted by Crippen LogP contribution is -2.44. The number of ether oxygens (including phenoxy) is 1. The predicted molar refractivity (Wildman–Crippen MR) is 99.4 cm³/mol. The number of benzene rings is 1. The van der Waals surface area contributed by atoms with Crippen molar-refractivity contribution in [2.75, 3.05) is 7.11 Å². The Labute approximate surface area is 150 Å². The molecule has 7 heteroatoms. The number of carbonyl (C=O) groups is 1. The fourth-order valence-corrected chi connectivity index (χ4v) is 4.02. The minimum atomic E-state index is -0.169. The van der Waals surface area contributed by atoms with Crippen LogP contribution >= 0.6 is 11.3 Å². The van der Waals surface area contributed by atoms with Gasteiger partial charge in [0.05, 0.1) is 21.8 Å². The van der Waals surface area contributed by atoms with E-state index in [0.717, 1.165) is 41.5 Å². The Hall–Kier alpha value is -2.25. The number of nitrogens with one attached hydrogen (secondary N) is 2. The van der Waals surface area contributed by atoms with Gasteiger partial charge in [0.2, 0.25) is 5.96 Å². The van der Waals surface area contributed by atoms with E-state index in [0.29, 0.717) is 23.8 Å². The molecule has 0 bridgehead atoms. The Morgan fingerprint density at radius 1 is 1.32 bits per heavy atom. The van der Waals surface area contributed by atoms with Gasteiger partial charge in [-0.15, -0.1) is 11.3 Å². The molecule has 2 aromatic rings. The number of amides is 1. The first-order chi connectivity index (χ1) is 12.2. The van der Waals surface area contributed by atoms with Crippen molar-refractivity contribution in [1.29, 1.82) is 0 Å². The van der Waals surface area contributed by atoms with Crippen molar-refractivity contribution in [3.05, 3.63) is 35.0 Å². The van der Waals surface area contributed by atoms with Crippen LogP contribution < -0.4 is 10.6 Å². The molecule has 1 aromatic carbocycles. The number of hydrogen-bond donors (Lipinski definition) is 2. The molecule has 2 heterocycles. The third-order valence-electron chi connectivity index (χ3n) is 4.70. The van der Waals surface area contributed by atoms with Crippen LogP contribution in [0.15, 0.2) is 34.4 Å². The summed E-state index contributed by atoms with van der Waals surface area (Å²) in [5.74, 6) is 0.383. The Morgan fingerprint density at radius 2 is 2.16 bits per heavy atom. The highest BCUT2D eigenvalue weighted by Crippen LogP contribution is 2.23. The molecule has 25 heavy (non-hydrogen) atoms. The molecule has 1 aliphatic heterocycles. The van der Waals surface area contributed by atoms with E-state index in [-0.39, 0.29) is 5.91 Å². The van der Waals surface area contributed by atoms with Crippen LogP contribution in [0.1, 0.15) is 31.2 Å². The molecule has 130 valence electrons. The second-order valence-electron chi connectivity index (χ2n) is 6.38. The first-order valence-corrected chi connectivity index (χ1v) is 9.33. The maximum atomic E-state index is 12.2. The van der Waals surface area contributed by atoms with Crippen LogP contribution in [0, 0.1) is 0 Å². The second-order valence-corrected chi connectivity index (χ2v) is 7.26. The number of methoxy groups -OCH3 is 1. The number of guanidine groups is 1. The van der Waals surface area contributed by atoms with Crippen molar-refractivity contribution in [3.63, 3.8) is 0 Å². The number of fused-ring (bicyclic) bond motifs is 1. The molecule has 0 atom stereocenters. The van der Waals surface area contributed by atoms with Crippen LogP contribution in [-0.4, -0.2) is 36.1 Å². The Balaban J connectivity index is 1.46. The van der Waals surface area contributed by atoms with E-state index in [1.54, 1.807) is 18.4 Å². The molecule has 1 saturated carbocycles. The van der Waals surface area contributed by atoms with Gasteiger partial charge in [-0.05, 0) is 49.5 Å². The first-order valence-electron chi connectivity index (χ1n) is 8.45.